The van der Waals surface area contributed by atoms with Gasteiger partial charge >= 0.3 is 0 Å². The second-order valence-corrected chi connectivity index (χ2v) is 5.27. The van der Waals surface area contributed by atoms with Crippen LogP contribution in [0, 0.1) is 39.4 Å². The van der Waals surface area contributed by atoms with Crippen LogP contribution in [0.3, 0.4) is 0 Å². The third kappa shape index (κ3) is 1.90. The molecule has 0 saturated carbocycles. The molecule has 0 spiro atoms. The Morgan fingerprint density at radius 2 is 2.00 bits per heavy atom. The average molecular weight is 306 g/mol. The normalized spacial score (nSPS) is 22.5. The van der Waals surface area contributed by atoms with E-state index in [2.05, 4.69) is 0 Å². The maximum absolute atomic E-state index is 12.6. The van der Waals surface area contributed by atoms with Crippen molar-refractivity contribution in [2.24, 2.45) is 11.1 Å². The number of hydrogen-bond acceptors (Lipinski definition) is 7. The molecule has 1 aliphatic carbocycles. The molecule has 1 unspecified atom stereocenters. The molecule has 3 rings (SSSR count). The van der Waals surface area contributed by atoms with Crippen LogP contribution in [-0.4, -0.2) is 5.78 Å². The zero-order valence-corrected chi connectivity index (χ0v) is 11.9. The average Bonchev–Trinajstić information content (AvgIpc) is 3.07. The Morgan fingerprint density at radius 1 is 1.26 bits per heavy atom. The van der Waals surface area contributed by atoms with E-state index in [0.29, 0.717) is 5.76 Å². The molecule has 1 aromatic rings. The van der Waals surface area contributed by atoms with E-state index in [-0.39, 0.29) is 41.5 Å². The van der Waals surface area contributed by atoms with Crippen molar-refractivity contribution in [1.82, 2.24) is 0 Å². The van der Waals surface area contributed by atoms with Crippen molar-refractivity contribution in [1.29, 1.82) is 15.8 Å². The van der Waals surface area contributed by atoms with E-state index in [9.17, 15) is 20.6 Å². The number of hydrogen-bond donors (Lipinski definition) is 1. The summed E-state index contributed by atoms with van der Waals surface area (Å²) in [5.41, 5.74) is 3.25. The molecule has 1 aromatic heterocycles. The molecular weight excluding hydrogens is 296 g/mol. The van der Waals surface area contributed by atoms with Gasteiger partial charge in [0.15, 0.2) is 5.78 Å². The monoisotopic (exact) mass is 306 g/mol. The first-order valence-corrected chi connectivity index (χ1v) is 6.78. The van der Waals surface area contributed by atoms with Crippen LogP contribution < -0.4 is 5.73 Å². The van der Waals surface area contributed by atoms with Crippen molar-refractivity contribution >= 4 is 5.78 Å². The molecule has 0 amide bonds. The van der Waals surface area contributed by atoms with Crippen molar-refractivity contribution < 1.29 is 13.9 Å². The topological polar surface area (TPSA) is 137 Å². The number of nitrogens with two attached hydrogens (primary N) is 1. The fourth-order valence-corrected chi connectivity index (χ4v) is 3.00. The highest BCUT2D eigenvalue weighted by Crippen LogP contribution is 2.48. The Bertz CT molecular complexity index is 858. The van der Waals surface area contributed by atoms with Gasteiger partial charge < -0.3 is 14.9 Å². The summed E-state index contributed by atoms with van der Waals surface area (Å²) in [6, 6.07) is 8.72. The lowest BCUT2D eigenvalue weighted by Crippen LogP contribution is -2.37. The third-order valence-electron chi connectivity index (χ3n) is 4.04. The molecule has 2 N–H and O–H groups in total. The van der Waals surface area contributed by atoms with Crippen molar-refractivity contribution in [2.45, 2.75) is 18.8 Å². The Hall–Kier alpha value is -3.50. The van der Waals surface area contributed by atoms with Gasteiger partial charge in [-0.25, -0.2) is 0 Å². The summed E-state index contributed by atoms with van der Waals surface area (Å²) in [5, 5.41) is 28.2. The molecule has 7 heteroatoms. The Balaban J connectivity index is 2.14. The van der Waals surface area contributed by atoms with Crippen LogP contribution in [0.5, 0.6) is 0 Å². The minimum atomic E-state index is -2.02. The van der Waals surface area contributed by atoms with Gasteiger partial charge in [-0.1, -0.05) is 0 Å². The molecular formula is C16H10N4O3. The summed E-state index contributed by atoms with van der Waals surface area (Å²) in [7, 11) is 0. The molecule has 112 valence electrons. The van der Waals surface area contributed by atoms with E-state index < -0.39 is 11.2 Å². The lowest BCUT2D eigenvalue weighted by atomic mass is 9.68. The second-order valence-electron chi connectivity index (χ2n) is 5.27. The number of furan rings is 1. The smallest absolute Gasteiger partial charge is 0.215 e. The third-order valence-corrected chi connectivity index (χ3v) is 4.04. The maximum Gasteiger partial charge on any atom is 0.215 e. The van der Waals surface area contributed by atoms with Crippen molar-refractivity contribution in [3.8, 4) is 18.2 Å². The van der Waals surface area contributed by atoms with Gasteiger partial charge in [0.25, 0.3) is 0 Å². The molecule has 0 fully saturated rings. The number of carbonyl (C=O) groups is 1. The largest absolute Gasteiger partial charge is 0.469 e. The van der Waals surface area contributed by atoms with Crippen LogP contribution in [0.25, 0.3) is 0 Å². The van der Waals surface area contributed by atoms with Gasteiger partial charge in [-0.3, -0.25) is 4.79 Å². The fraction of sp³-hybridized carbons (Fsp3) is 0.250. The summed E-state index contributed by atoms with van der Waals surface area (Å²) in [6.07, 6.45) is 1.83. The predicted molar refractivity (Wildman–Crippen MR) is 74.3 cm³/mol. The minimum Gasteiger partial charge on any atom is -0.469 e. The summed E-state index contributed by atoms with van der Waals surface area (Å²) in [5.74, 6) is -0.232. The standard InChI is InChI=1S/C16H10N4O3/c17-6-10-15(20)23-13-5-9(12-2-1-3-22-12)4-11(21)14(13)16(10,7-18)8-19/h1-3,9H,4-5,20H2. The van der Waals surface area contributed by atoms with Crippen LogP contribution in [0.2, 0.25) is 0 Å². The van der Waals surface area contributed by atoms with E-state index in [1.807, 2.05) is 0 Å². The molecule has 7 nitrogen and oxygen atoms in total. The van der Waals surface area contributed by atoms with E-state index in [0.717, 1.165) is 0 Å². The second kappa shape index (κ2) is 5.05. The predicted octanol–water partition coefficient (Wildman–Crippen LogP) is 1.74. The summed E-state index contributed by atoms with van der Waals surface area (Å²) in [6.45, 7) is 0. The van der Waals surface area contributed by atoms with Gasteiger partial charge in [0.2, 0.25) is 11.3 Å². The number of Topliss-reactive ketones (excluding diaryl/α,β-unsaturated/α-hetero) is 1. The lowest BCUT2D eigenvalue weighted by Gasteiger charge is -2.34. The number of ether oxygens (including phenoxy) is 1. The van der Waals surface area contributed by atoms with E-state index in [1.54, 1.807) is 30.3 Å². The molecule has 0 radical (unpaired) electrons. The zero-order chi connectivity index (χ0) is 16.6. The van der Waals surface area contributed by atoms with E-state index >= 15 is 0 Å². The number of nitrogens with zero attached hydrogens (tertiary/aromatic N) is 3. The van der Waals surface area contributed by atoms with Crippen LogP contribution in [-0.2, 0) is 9.53 Å². The molecule has 23 heavy (non-hydrogen) atoms. The molecule has 1 aliphatic heterocycles. The minimum absolute atomic E-state index is 0.0689. The van der Waals surface area contributed by atoms with Crippen LogP contribution in [0.4, 0.5) is 0 Å². The number of allylic oxidation sites excluding steroid dienone is 3. The fourth-order valence-electron chi connectivity index (χ4n) is 3.00. The maximum atomic E-state index is 12.6. The summed E-state index contributed by atoms with van der Waals surface area (Å²) >= 11 is 0. The summed E-state index contributed by atoms with van der Waals surface area (Å²) in [4.78, 5) is 12.6. The Labute approximate surface area is 131 Å². The highest BCUT2D eigenvalue weighted by molar-refractivity contribution is 6.01. The first-order valence-electron chi connectivity index (χ1n) is 6.78. The van der Waals surface area contributed by atoms with Crippen molar-refractivity contribution in [3.05, 3.63) is 46.9 Å². The van der Waals surface area contributed by atoms with Gasteiger partial charge in [0.1, 0.15) is 23.2 Å². The van der Waals surface area contributed by atoms with Gasteiger partial charge in [-0.15, -0.1) is 0 Å². The van der Waals surface area contributed by atoms with Crippen molar-refractivity contribution in [3.63, 3.8) is 0 Å². The van der Waals surface area contributed by atoms with E-state index in [4.69, 9.17) is 14.9 Å². The molecule has 0 bridgehead atoms. The van der Waals surface area contributed by atoms with Gasteiger partial charge in [-0.05, 0) is 12.1 Å². The molecule has 0 saturated heterocycles. The molecule has 2 aliphatic rings. The first kappa shape index (κ1) is 14.4. The van der Waals surface area contributed by atoms with Gasteiger partial charge in [-0.2, -0.15) is 15.8 Å². The van der Waals surface area contributed by atoms with Crippen LogP contribution in [0.1, 0.15) is 24.5 Å². The lowest BCUT2D eigenvalue weighted by molar-refractivity contribution is -0.117. The molecule has 0 aromatic carbocycles. The molecule has 2 heterocycles. The number of rotatable bonds is 1. The summed E-state index contributed by atoms with van der Waals surface area (Å²) < 4.78 is 10.7. The van der Waals surface area contributed by atoms with Crippen molar-refractivity contribution in [2.75, 3.05) is 0 Å². The Kier molecular flexibility index (Phi) is 3.17. The van der Waals surface area contributed by atoms with Crippen LogP contribution in [0.15, 0.2) is 45.6 Å². The zero-order valence-electron chi connectivity index (χ0n) is 11.9. The first-order chi connectivity index (χ1) is 11.1. The van der Waals surface area contributed by atoms with E-state index in [1.165, 1.54) is 6.26 Å². The number of carbonyl (C=O) groups excluding carboxylic acids is 1. The quantitative estimate of drug-likeness (QED) is 0.833. The SMILES string of the molecule is N#CC1=C(N)OC2=C(C(=O)CC(c3ccco3)C2)C1(C#N)C#N. The Morgan fingerprint density at radius 3 is 2.57 bits per heavy atom. The number of ketones is 1. The molecule has 1 atom stereocenters. The van der Waals surface area contributed by atoms with Crippen LogP contribution >= 0.6 is 0 Å². The van der Waals surface area contributed by atoms with Gasteiger partial charge in [0.05, 0.1) is 24.0 Å². The highest BCUT2D eigenvalue weighted by Gasteiger charge is 2.52. The van der Waals surface area contributed by atoms with Gasteiger partial charge in [0, 0.05) is 18.8 Å². The highest BCUT2D eigenvalue weighted by atomic mass is 16.5. The number of nitriles is 3.